The predicted molar refractivity (Wildman–Crippen MR) is 155 cm³/mol. The fourth-order valence-corrected chi connectivity index (χ4v) is 3.27. The molecule has 0 unspecified atom stereocenters. The maximum atomic E-state index is 4.32. The van der Waals surface area contributed by atoms with Gasteiger partial charge in [0.05, 0.1) is 0 Å². The largest absolute Gasteiger partial charge is 0.264 e. The van der Waals surface area contributed by atoms with E-state index in [1.165, 1.54) is 22.4 Å². The molecule has 3 aromatic heterocycles. The Labute approximate surface area is 221 Å². The van der Waals surface area contributed by atoms with Crippen LogP contribution >= 0.6 is 0 Å². The third-order valence-electron chi connectivity index (χ3n) is 6.07. The lowest BCUT2D eigenvalue weighted by atomic mass is 9.99. The van der Waals surface area contributed by atoms with Crippen molar-refractivity contribution in [1.82, 2.24) is 19.9 Å². The molecular formula is C32H50N4. The normalized spacial score (nSPS) is 11.2. The maximum Gasteiger partial charge on any atom is 0.115 e. The van der Waals surface area contributed by atoms with Gasteiger partial charge in [-0.25, -0.2) is 9.97 Å². The smallest absolute Gasteiger partial charge is 0.115 e. The molecule has 0 amide bonds. The number of rotatable bonds is 6. The molecule has 0 atom stereocenters. The molecule has 3 aromatic rings. The first-order chi connectivity index (χ1) is 16.8. The second-order valence-corrected chi connectivity index (χ2v) is 11.4. The summed E-state index contributed by atoms with van der Waals surface area (Å²) in [4.78, 5) is 17.0. The van der Waals surface area contributed by atoms with Crippen LogP contribution in [0.2, 0.25) is 0 Å². The van der Waals surface area contributed by atoms with Crippen LogP contribution in [0.1, 0.15) is 152 Å². The van der Waals surface area contributed by atoms with Crippen LogP contribution in [0, 0.1) is 0 Å². The van der Waals surface area contributed by atoms with Gasteiger partial charge in [-0.1, -0.05) is 89.2 Å². The van der Waals surface area contributed by atoms with Crippen molar-refractivity contribution in [2.75, 3.05) is 0 Å². The Morgan fingerprint density at radius 3 is 1.25 bits per heavy atom. The number of pyridine rings is 2. The topological polar surface area (TPSA) is 51.6 Å². The quantitative estimate of drug-likeness (QED) is 0.345. The van der Waals surface area contributed by atoms with Crippen LogP contribution in [-0.2, 0) is 0 Å². The molecule has 0 saturated heterocycles. The standard InChI is InChI=1S/2C11H17N.C10H16N2/c1-8(2)10-5-11(9(3)4)7-12-6-10;1-8(2)10-5-6-12-11(7-10)9(3)4;1-7(2)9-5-10(8(3)4)12-6-11-9/h2*5-9H,1-4H3;5-8H,1-4H3. The van der Waals surface area contributed by atoms with Gasteiger partial charge in [0.2, 0.25) is 0 Å². The van der Waals surface area contributed by atoms with E-state index in [0.29, 0.717) is 35.5 Å². The van der Waals surface area contributed by atoms with Crippen molar-refractivity contribution in [3.63, 3.8) is 0 Å². The zero-order valence-electron chi connectivity index (χ0n) is 24.9. The van der Waals surface area contributed by atoms with E-state index in [1.54, 1.807) is 6.33 Å². The average Bonchev–Trinajstić information content (AvgIpc) is 2.85. The monoisotopic (exact) mass is 490 g/mol. The molecule has 0 aromatic carbocycles. The Bertz CT molecular complexity index is 818. The molecule has 198 valence electrons. The van der Waals surface area contributed by atoms with E-state index in [9.17, 15) is 0 Å². The lowest BCUT2D eigenvalue weighted by molar-refractivity contribution is 0.767. The lowest BCUT2D eigenvalue weighted by Crippen LogP contribution is -1.98. The van der Waals surface area contributed by atoms with Crippen molar-refractivity contribution < 1.29 is 0 Å². The summed E-state index contributed by atoms with van der Waals surface area (Å²) in [6.07, 6.45) is 7.47. The highest BCUT2D eigenvalue weighted by Gasteiger charge is 2.06. The third-order valence-corrected chi connectivity index (χ3v) is 6.07. The van der Waals surface area contributed by atoms with E-state index in [2.05, 4.69) is 127 Å². The zero-order chi connectivity index (χ0) is 27.4. The summed E-state index contributed by atoms with van der Waals surface area (Å²) < 4.78 is 0. The highest BCUT2D eigenvalue weighted by molar-refractivity contribution is 5.23. The summed E-state index contributed by atoms with van der Waals surface area (Å²) in [6, 6.07) is 8.64. The molecule has 0 aliphatic carbocycles. The Morgan fingerprint density at radius 1 is 0.444 bits per heavy atom. The van der Waals surface area contributed by atoms with Crippen molar-refractivity contribution in [3.05, 3.63) is 83.0 Å². The van der Waals surface area contributed by atoms with Crippen LogP contribution in [0.4, 0.5) is 0 Å². The molecule has 4 nitrogen and oxygen atoms in total. The molecule has 0 aliphatic heterocycles. The van der Waals surface area contributed by atoms with Gasteiger partial charge in [0, 0.05) is 35.7 Å². The van der Waals surface area contributed by atoms with E-state index in [0.717, 1.165) is 11.4 Å². The number of hydrogen-bond donors (Lipinski definition) is 0. The van der Waals surface area contributed by atoms with Crippen molar-refractivity contribution in [2.24, 2.45) is 0 Å². The van der Waals surface area contributed by atoms with Gasteiger partial charge >= 0.3 is 0 Å². The number of aromatic nitrogens is 4. The first-order valence-electron chi connectivity index (χ1n) is 13.6. The molecule has 0 N–H and O–H groups in total. The zero-order valence-corrected chi connectivity index (χ0v) is 24.9. The molecule has 4 heteroatoms. The highest BCUT2D eigenvalue weighted by atomic mass is 14.8. The van der Waals surface area contributed by atoms with Crippen LogP contribution in [0.25, 0.3) is 0 Å². The van der Waals surface area contributed by atoms with Crippen LogP contribution < -0.4 is 0 Å². The van der Waals surface area contributed by atoms with Gasteiger partial charge in [0.25, 0.3) is 0 Å². The van der Waals surface area contributed by atoms with Crippen LogP contribution in [0.3, 0.4) is 0 Å². The van der Waals surface area contributed by atoms with Gasteiger partial charge < -0.3 is 0 Å². The van der Waals surface area contributed by atoms with Gasteiger partial charge in [-0.15, -0.1) is 0 Å². The minimum atomic E-state index is 0.491. The molecule has 0 bridgehead atoms. The first kappa shape index (κ1) is 31.4. The van der Waals surface area contributed by atoms with Crippen molar-refractivity contribution in [1.29, 1.82) is 0 Å². The Balaban J connectivity index is 0.000000270. The molecule has 0 fully saturated rings. The van der Waals surface area contributed by atoms with E-state index in [-0.39, 0.29) is 0 Å². The molecule has 3 heterocycles. The van der Waals surface area contributed by atoms with Gasteiger partial charge in [0.1, 0.15) is 6.33 Å². The summed E-state index contributed by atoms with van der Waals surface area (Å²) in [7, 11) is 0. The molecule has 0 aliphatic rings. The minimum absolute atomic E-state index is 0.491. The maximum absolute atomic E-state index is 4.32. The highest BCUT2D eigenvalue weighted by Crippen LogP contribution is 2.20. The van der Waals surface area contributed by atoms with Gasteiger partial charge in [0.15, 0.2) is 0 Å². The summed E-state index contributed by atoms with van der Waals surface area (Å²) >= 11 is 0. The Kier molecular flexibility index (Phi) is 13.5. The lowest BCUT2D eigenvalue weighted by Gasteiger charge is -2.09. The van der Waals surface area contributed by atoms with E-state index >= 15 is 0 Å². The third kappa shape index (κ3) is 11.0. The molecule has 0 radical (unpaired) electrons. The molecule has 0 saturated carbocycles. The van der Waals surface area contributed by atoms with Crippen LogP contribution in [0.5, 0.6) is 0 Å². The number of nitrogens with zero attached hydrogens (tertiary/aromatic N) is 4. The summed E-state index contributed by atoms with van der Waals surface area (Å²) in [5.74, 6) is 3.28. The summed E-state index contributed by atoms with van der Waals surface area (Å²) in [6.45, 7) is 26.1. The number of hydrogen-bond acceptors (Lipinski definition) is 4. The van der Waals surface area contributed by atoms with E-state index < -0.39 is 0 Å². The molecule has 3 rings (SSSR count). The second-order valence-electron chi connectivity index (χ2n) is 11.4. The second kappa shape index (κ2) is 15.5. The van der Waals surface area contributed by atoms with E-state index in [4.69, 9.17) is 0 Å². The van der Waals surface area contributed by atoms with Crippen molar-refractivity contribution in [2.45, 2.75) is 119 Å². The van der Waals surface area contributed by atoms with Crippen molar-refractivity contribution in [3.8, 4) is 0 Å². The average molecular weight is 491 g/mol. The van der Waals surface area contributed by atoms with Crippen molar-refractivity contribution >= 4 is 0 Å². The molecule has 36 heavy (non-hydrogen) atoms. The van der Waals surface area contributed by atoms with Gasteiger partial charge in [-0.3, -0.25) is 9.97 Å². The molecule has 0 spiro atoms. The van der Waals surface area contributed by atoms with E-state index in [1.807, 2.05) is 18.6 Å². The Morgan fingerprint density at radius 2 is 0.861 bits per heavy atom. The fraction of sp³-hybridized carbons (Fsp3) is 0.562. The Hall–Kier alpha value is -2.62. The SMILES string of the molecule is CC(C)c1cc(C(C)C)ncn1.CC(C)c1ccnc(C(C)C)c1.CC(C)c1cncc(C(C)C)c1. The summed E-state index contributed by atoms with van der Waals surface area (Å²) in [5.41, 5.74) is 7.51. The predicted octanol–water partition coefficient (Wildman–Crippen LogP) is 9.38. The summed E-state index contributed by atoms with van der Waals surface area (Å²) in [5, 5.41) is 0. The van der Waals surface area contributed by atoms with Gasteiger partial charge in [-0.05, 0) is 70.4 Å². The first-order valence-corrected chi connectivity index (χ1v) is 13.6. The molecular weight excluding hydrogens is 440 g/mol. The van der Waals surface area contributed by atoms with Gasteiger partial charge in [-0.2, -0.15) is 0 Å². The van der Waals surface area contributed by atoms with Crippen LogP contribution in [0.15, 0.2) is 49.2 Å². The fourth-order valence-electron chi connectivity index (χ4n) is 3.27. The van der Waals surface area contributed by atoms with Crippen LogP contribution in [-0.4, -0.2) is 19.9 Å². The minimum Gasteiger partial charge on any atom is -0.264 e.